The van der Waals surface area contributed by atoms with Crippen LogP contribution in [-0.2, 0) is 6.54 Å². The van der Waals surface area contributed by atoms with E-state index in [1.54, 1.807) is 0 Å². The van der Waals surface area contributed by atoms with E-state index in [1.165, 1.54) is 5.56 Å². The molecular formula is C18H24N2O. The Hall–Kier alpha value is -2.03. The van der Waals surface area contributed by atoms with Crippen molar-refractivity contribution in [2.24, 2.45) is 0 Å². The van der Waals surface area contributed by atoms with Crippen LogP contribution in [0.2, 0.25) is 0 Å². The third kappa shape index (κ3) is 3.18. The number of Topliss-reactive ketones (excluding diaryl/α,β-unsaturated/α-hetero) is 1. The zero-order valence-corrected chi connectivity index (χ0v) is 13.6. The second kappa shape index (κ2) is 6.17. The minimum Gasteiger partial charge on any atom is -0.367 e. The molecule has 3 heteroatoms. The SMILES string of the molecule is CCn1c(C)cc(C(=O)CN(C)c2ccc(C)cc2)c1C. The number of ketones is 1. The molecule has 0 bridgehead atoms. The highest BCUT2D eigenvalue weighted by Crippen LogP contribution is 2.18. The number of rotatable bonds is 5. The van der Waals surface area contributed by atoms with E-state index in [0.29, 0.717) is 6.54 Å². The molecule has 1 heterocycles. The summed E-state index contributed by atoms with van der Waals surface area (Å²) in [5.41, 5.74) is 5.35. The molecular weight excluding hydrogens is 260 g/mol. The van der Waals surface area contributed by atoms with Crippen molar-refractivity contribution in [1.82, 2.24) is 4.57 Å². The predicted octanol–water partition coefficient (Wildman–Crippen LogP) is 3.75. The highest BCUT2D eigenvalue weighted by Gasteiger charge is 2.16. The normalized spacial score (nSPS) is 10.7. The maximum atomic E-state index is 12.5. The summed E-state index contributed by atoms with van der Waals surface area (Å²) in [6.07, 6.45) is 0. The zero-order chi connectivity index (χ0) is 15.6. The second-order valence-corrected chi connectivity index (χ2v) is 5.64. The van der Waals surface area contributed by atoms with Crippen molar-refractivity contribution in [2.45, 2.75) is 34.2 Å². The van der Waals surface area contributed by atoms with Crippen LogP contribution in [0.5, 0.6) is 0 Å². The number of carbonyl (C=O) groups is 1. The van der Waals surface area contributed by atoms with Gasteiger partial charge in [0.05, 0.1) is 6.54 Å². The molecule has 0 unspecified atom stereocenters. The van der Waals surface area contributed by atoms with Gasteiger partial charge in [0.15, 0.2) is 5.78 Å². The monoisotopic (exact) mass is 284 g/mol. The number of hydrogen-bond acceptors (Lipinski definition) is 2. The molecule has 112 valence electrons. The molecule has 0 saturated carbocycles. The molecule has 0 aliphatic rings. The molecule has 0 aliphatic heterocycles. The smallest absolute Gasteiger partial charge is 0.183 e. The number of hydrogen-bond donors (Lipinski definition) is 0. The minimum absolute atomic E-state index is 0.172. The molecule has 21 heavy (non-hydrogen) atoms. The van der Waals surface area contributed by atoms with Crippen LogP contribution >= 0.6 is 0 Å². The van der Waals surface area contributed by atoms with E-state index in [1.807, 2.05) is 24.9 Å². The van der Waals surface area contributed by atoms with Gasteiger partial charge in [-0.3, -0.25) is 4.79 Å². The lowest BCUT2D eigenvalue weighted by atomic mass is 10.1. The van der Waals surface area contributed by atoms with Gasteiger partial charge in [0.1, 0.15) is 0 Å². The third-order valence-corrected chi connectivity index (χ3v) is 4.05. The minimum atomic E-state index is 0.172. The summed E-state index contributed by atoms with van der Waals surface area (Å²) in [6, 6.07) is 10.2. The van der Waals surface area contributed by atoms with Gasteiger partial charge in [0.25, 0.3) is 0 Å². The lowest BCUT2D eigenvalue weighted by Gasteiger charge is -2.18. The van der Waals surface area contributed by atoms with Gasteiger partial charge in [-0.05, 0) is 45.9 Å². The lowest BCUT2D eigenvalue weighted by molar-refractivity contribution is 0.0999. The zero-order valence-electron chi connectivity index (χ0n) is 13.6. The van der Waals surface area contributed by atoms with Crippen molar-refractivity contribution in [1.29, 1.82) is 0 Å². The van der Waals surface area contributed by atoms with Crippen LogP contribution in [0.4, 0.5) is 5.69 Å². The Bertz CT molecular complexity index is 638. The molecule has 0 aliphatic carbocycles. The largest absolute Gasteiger partial charge is 0.367 e. The van der Waals surface area contributed by atoms with E-state index < -0.39 is 0 Å². The van der Waals surface area contributed by atoms with Gasteiger partial charge < -0.3 is 9.47 Å². The van der Waals surface area contributed by atoms with E-state index in [2.05, 4.69) is 49.6 Å². The number of carbonyl (C=O) groups excluding carboxylic acids is 1. The predicted molar refractivity (Wildman–Crippen MR) is 88.4 cm³/mol. The van der Waals surface area contributed by atoms with Crippen LogP contribution in [0, 0.1) is 20.8 Å². The Morgan fingerprint density at radius 2 is 1.76 bits per heavy atom. The molecule has 2 rings (SSSR count). The first-order chi connectivity index (χ1) is 9.93. The van der Waals surface area contributed by atoms with E-state index in [0.717, 1.165) is 29.2 Å². The summed E-state index contributed by atoms with van der Waals surface area (Å²) in [5.74, 6) is 0.172. The fraction of sp³-hybridized carbons (Fsp3) is 0.389. The summed E-state index contributed by atoms with van der Waals surface area (Å²) < 4.78 is 2.18. The molecule has 0 fully saturated rings. The Balaban J connectivity index is 2.16. The summed E-state index contributed by atoms with van der Waals surface area (Å²) in [6.45, 7) is 9.55. The molecule has 1 aromatic heterocycles. The number of likely N-dealkylation sites (N-methyl/N-ethyl adjacent to an activating group) is 1. The van der Waals surface area contributed by atoms with Gasteiger partial charge in [-0.2, -0.15) is 0 Å². The molecule has 1 aromatic carbocycles. The maximum Gasteiger partial charge on any atom is 0.183 e. The van der Waals surface area contributed by atoms with Crippen LogP contribution in [-0.4, -0.2) is 23.9 Å². The summed E-state index contributed by atoms with van der Waals surface area (Å²) in [5, 5.41) is 0. The molecule has 3 nitrogen and oxygen atoms in total. The number of aromatic nitrogens is 1. The van der Waals surface area contributed by atoms with Crippen LogP contribution in [0.15, 0.2) is 30.3 Å². The van der Waals surface area contributed by atoms with E-state index in [4.69, 9.17) is 0 Å². The first kappa shape index (κ1) is 15.4. The van der Waals surface area contributed by atoms with Gasteiger partial charge in [0, 0.05) is 36.2 Å². The lowest BCUT2D eigenvalue weighted by Crippen LogP contribution is -2.25. The standard InChI is InChI=1S/C18H24N2O/c1-6-20-14(3)11-17(15(20)4)18(21)12-19(5)16-9-7-13(2)8-10-16/h7-11H,6,12H2,1-5H3. The van der Waals surface area contributed by atoms with Crippen LogP contribution in [0.1, 0.15) is 34.2 Å². The van der Waals surface area contributed by atoms with Crippen molar-refractivity contribution in [3.8, 4) is 0 Å². The van der Waals surface area contributed by atoms with E-state index in [-0.39, 0.29) is 5.78 Å². The topological polar surface area (TPSA) is 25.2 Å². The molecule has 0 amide bonds. The Morgan fingerprint density at radius 3 is 2.29 bits per heavy atom. The van der Waals surface area contributed by atoms with Crippen molar-refractivity contribution >= 4 is 11.5 Å². The van der Waals surface area contributed by atoms with Crippen molar-refractivity contribution in [3.05, 3.63) is 52.8 Å². The number of benzene rings is 1. The summed E-state index contributed by atoms with van der Waals surface area (Å²) >= 11 is 0. The molecule has 0 radical (unpaired) electrons. The van der Waals surface area contributed by atoms with Crippen LogP contribution in [0.25, 0.3) is 0 Å². The van der Waals surface area contributed by atoms with Crippen LogP contribution in [0.3, 0.4) is 0 Å². The first-order valence-electron chi connectivity index (χ1n) is 7.41. The molecule has 0 saturated heterocycles. The molecule has 0 spiro atoms. The Labute approximate surface area is 127 Å². The fourth-order valence-corrected chi connectivity index (χ4v) is 2.76. The Morgan fingerprint density at radius 1 is 1.14 bits per heavy atom. The Kier molecular flexibility index (Phi) is 4.51. The van der Waals surface area contributed by atoms with Gasteiger partial charge >= 0.3 is 0 Å². The highest BCUT2D eigenvalue weighted by molar-refractivity contribution is 6.00. The molecule has 0 N–H and O–H groups in total. The number of nitrogens with zero attached hydrogens (tertiary/aromatic N) is 2. The van der Waals surface area contributed by atoms with Crippen LogP contribution < -0.4 is 4.90 Å². The van der Waals surface area contributed by atoms with Crippen molar-refractivity contribution in [2.75, 3.05) is 18.5 Å². The molecule has 2 aromatic rings. The average molecular weight is 284 g/mol. The van der Waals surface area contributed by atoms with E-state index in [9.17, 15) is 4.79 Å². The van der Waals surface area contributed by atoms with E-state index >= 15 is 0 Å². The van der Waals surface area contributed by atoms with Gasteiger partial charge in [-0.1, -0.05) is 17.7 Å². The fourth-order valence-electron chi connectivity index (χ4n) is 2.76. The third-order valence-electron chi connectivity index (χ3n) is 4.05. The molecule has 0 atom stereocenters. The van der Waals surface area contributed by atoms with Crippen molar-refractivity contribution in [3.63, 3.8) is 0 Å². The number of aryl methyl sites for hydroxylation is 2. The quantitative estimate of drug-likeness (QED) is 0.781. The number of anilines is 1. The second-order valence-electron chi connectivity index (χ2n) is 5.64. The first-order valence-corrected chi connectivity index (χ1v) is 7.41. The summed E-state index contributed by atoms with van der Waals surface area (Å²) in [7, 11) is 1.96. The van der Waals surface area contributed by atoms with Gasteiger partial charge in [0.2, 0.25) is 0 Å². The van der Waals surface area contributed by atoms with Gasteiger partial charge in [-0.15, -0.1) is 0 Å². The average Bonchev–Trinajstić information content (AvgIpc) is 2.74. The maximum absolute atomic E-state index is 12.5. The van der Waals surface area contributed by atoms with Gasteiger partial charge in [-0.25, -0.2) is 0 Å². The summed E-state index contributed by atoms with van der Waals surface area (Å²) in [4.78, 5) is 14.5. The van der Waals surface area contributed by atoms with Crippen molar-refractivity contribution < 1.29 is 4.79 Å². The highest BCUT2D eigenvalue weighted by atomic mass is 16.1.